The van der Waals surface area contributed by atoms with Gasteiger partial charge in [-0.25, -0.2) is 0 Å². The summed E-state index contributed by atoms with van der Waals surface area (Å²) in [6, 6.07) is 8.18. The van der Waals surface area contributed by atoms with E-state index in [0.717, 1.165) is 30.9 Å². The number of likely N-dealkylation sites (tertiary alicyclic amines) is 1. The molecule has 1 aromatic rings. The lowest BCUT2D eigenvalue weighted by molar-refractivity contribution is -0.120. The molecule has 0 radical (unpaired) electrons. The molecule has 1 aromatic carbocycles. The number of hydrogen-bond donors (Lipinski definition) is 1. The molecule has 0 spiro atoms. The number of methoxy groups -OCH3 is 1. The van der Waals surface area contributed by atoms with E-state index in [1.165, 1.54) is 12.8 Å². The molecule has 1 saturated heterocycles. The van der Waals surface area contributed by atoms with E-state index >= 15 is 0 Å². The molecule has 110 valence electrons. The fourth-order valence-electron chi connectivity index (χ4n) is 2.80. The number of carbonyl (C=O) groups excluding carboxylic acids is 1. The molecule has 0 saturated carbocycles. The van der Waals surface area contributed by atoms with Crippen LogP contribution in [0.5, 0.6) is 5.75 Å². The van der Waals surface area contributed by atoms with Gasteiger partial charge in [-0.1, -0.05) is 19.1 Å². The zero-order chi connectivity index (χ0) is 14.4. The van der Waals surface area contributed by atoms with E-state index in [4.69, 9.17) is 4.74 Å². The van der Waals surface area contributed by atoms with Crippen LogP contribution in [0.3, 0.4) is 0 Å². The molecule has 1 N–H and O–H groups in total. The minimum absolute atomic E-state index is 0.0845. The molecule has 4 nitrogen and oxygen atoms in total. The van der Waals surface area contributed by atoms with Gasteiger partial charge in [0, 0.05) is 12.6 Å². The van der Waals surface area contributed by atoms with Gasteiger partial charge in [-0.15, -0.1) is 0 Å². The lowest BCUT2D eigenvalue weighted by atomic mass is 10.1. The van der Waals surface area contributed by atoms with Gasteiger partial charge in [0.2, 0.25) is 5.91 Å². The highest BCUT2D eigenvalue weighted by Crippen LogP contribution is 2.16. The monoisotopic (exact) mass is 276 g/mol. The molecule has 4 heteroatoms. The second-order valence-electron chi connectivity index (χ2n) is 5.26. The molecule has 0 aliphatic carbocycles. The van der Waals surface area contributed by atoms with Gasteiger partial charge < -0.3 is 10.1 Å². The Balaban J connectivity index is 1.80. The summed E-state index contributed by atoms with van der Waals surface area (Å²) in [6.45, 7) is 5.16. The van der Waals surface area contributed by atoms with Crippen molar-refractivity contribution in [1.82, 2.24) is 10.2 Å². The summed E-state index contributed by atoms with van der Waals surface area (Å²) in [5.74, 6) is 0.879. The first kappa shape index (κ1) is 14.9. The Morgan fingerprint density at radius 2 is 2.35 bits per heavy atom. The van der Waals surface area contributed by atoms with Crippen LogP contribution in [0.2, 0.25) is 0 Å². The first-order chi connectivity index (χ1) is 9.72. The average Bonchev–Trinajstić information content (AvgIpc) is 2.93. The van der Waals surface area contributed by atoms with E-state index in [2.05, 4.69) is 17.1 Å². The molecular weight excluding hydrogens is 252 g/mol. The van der Waals surface area contributed by atoms with Crippen LogP contribution >= 0.6 is 0 Å². The van der Waals surface area contributed by atoms with Crippen molar-refractivity contribution in [1.29, 1.82) is 0 Å². The topological polar surface area (TPSA) is 41.6 Å². The van der Waals surface area contributed by atoms with Crippen LogP contribution < -0.4 is 10.1 Å². The molecule has 0 aromatic heterocycles. The van der Waals surface area contributed by atoms with Crippen molar-refractivity contribution in [2.45, 2.75) is 32.2 Å². The molecule has 2 rings (SSSR count). The molecule has 1 atom stereocenters. The van der Waals surface area contributed by atoms with Crippen LogP contribution in [0, 0.1) is 0 Å². The predicted molar refractivity (Wildman–Crippen MR) is 80.0 cm³/mol. The molecule has 1 aliphatic rings. The lowest BCUT2D eigenvalue weighted by Crippen LogP contribution is -2.40. The van der Waals surface area contributed by atoms with E-state index in [1.54, 1.807) is 7.11 Å². The number of benzene rings is 1. The standard InChI is InChI=1S/C16H24N2O2/c1-3-18-9-5-7-14(18)12-17-16(19)11-13-6-4-8-15(10-13)20-2/h4,6,8,10,14H,3,5,7,9,11-12H2,1-2H3,(H,17,19)/t14-/m0/s1. The Labute approximate surface area is 121 Å². The third-order valence-electron chi connectivity index (χ3n) is 3.94. The molecule has 1 heterocycles. The van der Waals surface area contributed by atoms with Crippen molar-refractivity contribution < 1.29 is 9.53 Å². The molecule has 1 amide bonds. The van der Waals surface area contributed by atoms with E-state index in [1.807, 2.05) is 24.3 Å². The average molecular weight is 276 g/mol. The van der Waals surface area contributed by atoms with Gasteiger partial charge in [-0.05, 0) is 43.6 Å². The Morgan fingerprint density at radius 1 is 1.50 bits per heavy atom. The molecule has 0 bridgehead atoms. The third-order valence-corrected chi connectivity index (χ3v) is 3.94. The highest BCUT2D eigenvalue weighted by atomic mass is 16.5. The number of ether oxygens (including phenoxy) is 1. The number of carbonyl (C=O) groups is 1. The summed E-state index contributed by atoms with van der Waals surface area (Å²) in [7, 11) is 1.64. The van der Waals surface area contributed by atoms with Crippen molar-refractivity contribution >= 4 is 5.91 Å². The SMILES string of the molecule is CCN1CCC[C@H]1CNC(=O)Cc1cccc(OC)c1. The number of hydrogen-bond acceptors (Lipinski definition) is 3. The van der Waals surface area contributed by atoms with Crippen molar-refractivity contribution in [3.8, 4) is 5.75 Å². The van der Waals surface area contributed by atoms with Gasteiger partial charge in [-0.3, -0.25) is 9.69 Å². The van der Waals surface area contributed by atoms with Crippen LogP contribution in [0.4, 0.5) is 0 Å². The maximum atomic E-state index is 12.0. The zero-order valence-corrected chi connectivity index (χ0v) is 12.4. The Bertz CT molecular complexity index is 448. The van der Waals surface area contributed by atoms with Gasteiger partial charge >= 0.3 is 0 Å². The van der Waals surface area contributed by atoms with Crippen molar-refractivity contribution in [2.24, 2.45) is 0 Å². The minimum Gasteiger partial charge on any atom is -0.497 e. The maximum Gasteiger partial charge on any atom is 0.224 e. The van der Waals surface area contributed by atoms with E-state index < -0.39 is 0 Å². The number of likely N-dealkylation sites (N-methyl/N-ethyl adjacent to an activating group) is 1. The zero-order valence-electron chi connectivity index (χ0n) is 12.4. The van der Waals surface area contributed by atoms with Crippen molar-refractivity contribution in [3.05, 3.63) is 29.8 Å². The summed E-state index contributed by atoms with van der Waals surface area (Å²) < 4.78 is 5.17. The Hall–Kier alpha value is -1.55. The van der Waals surface area contributed by atoms with Crippen LogP contribution in [-0.4, -0.2) is 43.6 Å². The first-order valence-corrected chi connectivity index (χ1v) is 7.36. The summed E-state index contributed by atoms with van der Waals surface area (Å²) in [4.78, 5) is 14.4. The third kappa shape index (κ3) is 3.97. The molecular formula is C16H24N2O2. The second kappa shape index (κ2) is 7.29. The first-order valence-electron chi connectivity index (χ1n) is 7.36. The number of rotatable bonds is 6. The normalized spacial score (nSPS) is 19.0. The predicted octanol–water partition coefficient (Wildman–Crippen LogP) is 1.84. The molecule has 1 aliphatic heterocycles. The van der Waals surface area contributed by atoms with E-state index in [-0.39, 0.29) is 5.91 Å². The van der Waals surface area contributed by atoms with Gasteiger partial charge in [0.25, 0.3) is 0 Å². The smallest absolute Gasteiger partial charge is 0.224 e. The largest absolute Gasteiger partial charge is 0.497 e. The summed E-state index contributed by atoms with van der Waals surface area (Å²) in [6.07, 6.45) is 2.84. The molecule has 0 unspecified atom stereocenters. The highest BCUT2D eigenvalue weighted by Gasteiger charge is 2.22. The van der Waals surface area contributed by atoms with Crippen LogP contribution in [0.15, 0.2) is 24.3 Å². The Kier molecular flexibility index (Phi) is 5.41. The lowest BCUT2D eigenvalue weighted by Gasteiger charge is -2.22. The quantitative estimate of drug-likeness (QED) is 0.862. The maximum absolute atomic E-state index is 12.0. The second-order valence-corrected chi connectivity index (χ2v) is 5.26. The van der Waals surface area contributed by atoms with Gasteiger partial charge in [0.05, 0.1) is 13.5 Å². The van der Waals surface area contributed by atoms with Gasteiger partial charge in [0.1, 0.15) is 5.75 Å². The molecule has 1 fully saturated rings. The van der Waals surface area contributed by atoms with Crippen LogP contribution in [0.1, 0.15) is 25.3 Å². The van der Waals surface area contributed by atoms with Crippen LogP contribution in [0.25, 0.3) is 0 Å². The Morgan fingerprint density at radius 3 is 3.10 bits per heavy atom. The van der Waals surface area contributed by atoms with Crippen molar-refractivity contribution in [2.75, 3.05) is 26.7 Å². The van der Waals surface area contributed by atoms with Crippen LogP contribution in [-0.2, 0) is 11.2 Å². The van der Waals surface area contributed by atoms with Crippen molar-refractivity contribution in [3.63, 3.8) is 0 Å². The number of nitrogens with one attached hydrogen (secondary N) is 1. The highest BCUT2D eigenvalue weighted by molar-refractivity contribution is 5.78. The summed E-state index contributed by atoms with van der Waals surface area (Å²) >= 11 is 0. The van der Waals surface area contributed by atoms with E-state index in [9.17, 15) is 4.79 Å². The minimum atomic E-state index is 0.0845. The molecule has 20 heavy (non-hydrogen) atoms. The number of nitrogens with zero attached hydrogens (tertiary/aromatic N) is 1. The van der Waals surface area contributed by atoms with E-state index in [0.29, 0.717) is 12.5 Å². The van der Waals surface area contributed by atoms with Gasteiger partial charge in [-0.2, -0.15) is 0 Å². The summed E-state index contributed by atoms with van der Waals surface area (Å²) in [5, 5.41) is 3.05. The fraction of sp³-hybridized carbons (Fsp3) is 0.562. The summed E-state index contributed by atoms with van der Waals surface area (Å²) in [5.41, 5.74) is 0.987. The van der Waals surface area contributed by atoms with Gasteiger partial charge in [0.15, 0.2) is 0 Å². The fourth-order valence-corrected chi connectivity index (χ4v) is 2.80. The number of amides is 1.